The molecule has 0 aromatic heterocycles. The highest BCUT2D eigenvalue weighted by Gasteiger charge is 2.16. The van der Waals surface area contributed by atoms with E-state index < -0.39 is 5.91 Å². The van der Waals surface area contributed by atoms with E-state index in [1.165, 1.54) is 12.8 Å². The van der Waals surface area contributed by atoms with E-state index in [4.69, 9.17) is 10.5 Å². The smallest absolute Gasteiger partial charge is 0.250 e. The summed E-state index contributed by atoms with van der Waals surface area (Å²) in [6.45, 7) is 0. The molecule has 1 aliphatic carbocycles. The number of aryl methyl sites for hydroxylation is 1. The number of nitrogens with one attached hydrogen (secondary N) is 1. The van der Waals surface area contributed by atoms with Crippen molar-refractivity contribution in [3.63, 3.8) is 0 Å². The number of para-hydroxylation sites is 1. The summed E-state index contributed by atoms with van der Waals surface area (Å²) in [7, 11) is 0. The minimum Gasteiger partial charge on any atom is -0.490 e. The second kappa shape index (κ2) is 8.52. The molecule has 5 heteroatoms. The minimum atomic E-state index is -0.558. The van der Waals surface area contributed by atoms with E-state index in [-0.39, 0.29) is 5.91 Å². The summed E-state index contributed by atoms with van der Waals surface area (Å²) in [5, 5.41) is 2.76. The monoisotopic (exact) mass is 352 g/mol. The predicted molar refractivity (Wildman–Crippen MR) is 101 cm³/mol. The number of ether oxygens (including phenoxy) is 1. The molecular weight excluding hydrogens is 328 g/mol. The SMILES string of the molecule is NC(=O)c1ccccc1NC(=O)CCc1cccc(OC2CCCC2)c1. The lowest BCUT2D eigenvalue weighted by Crippen LogP contribution is -2.18. The van der Waals surface area contributed by atoms with E-state index in [1.807, 2.05) is 24.3 Å². The van der Waals surface area contributed by atoms with Gasteiger partial charge in [-0.1, -0.05) is 24.3 Å². The van der Waals surface area contributed by atoms with Gasteiger partial charge in [-0.2, -0.15) is 0 Å². The van der Waals surface area contributed by atoms with Crippen molar-refractivity contribution in [3.05, 3.63) is 59.7 Å². The molecule has 0 unspecified atom stereocenters. The Balaban J connectivity index is 1.55. The van der Waals surface area contributed by atoms with Gasteiger partial charge in [0.05, 0.1) is 17.4 Å². The highest BCUT2D eigenvalue weighted by atomic mass is 16.5. The molecule has 3 rings (SSSR count). The van der Waals surface area contributed by atoms with Gasteiger partial charge in [-0.25, -0.2) is 0 Å². The van der Waals surface area contributed by atoms with Crippen LogP contribution in [0.3, 0.4) is 0 Å². The summed E-state index contributed by atoms with van der Waals surface area (Å²) in [4.78, 5) is 23.6. The van der Waals surface area contributed by atoms with Crippen molar-refractivity contribution in [1.82, 2.24) is 0 Å². The summed E-state index contributed by atoms with van der Waals surface area (Å²) >= 11 is 0. The van der Waals surface area contributed by atoms with Crippen molar-refractivity contribution in [2.45, 2.75) is 44.6 Å². The molecule has 0 atom stereocenters. The van der Waals surface area contributed by atoms with Gasteiger partial charge in [0.25, 0.3) is 5.91 Å². The van der Waals surface area contributed by atoms with Crippen LogP contribution in [0.4, 0.5) is 5.69 Å². The number of carbonyl (C=O) groups excluding carboxylic acids is 2. The molecule has 136 valence electrons. The first-order chi connectivity index (χ1) is 12.6. The third-order valence-corrected chi connectivity index (χ3v) is 4.61. The average molecular weight is 352 g/mol. The Hall–Kier alpha value is -2.82. The third-order valence-electron chi connectivity index (χ3n) is 4.61. The van der Waals surface area contributed by atoms with E-state index in [1.54, 1.807) is 24.3 Å². The van der Waals surface area contributed by atoms with E-state index in [0.717, 1.165) is 24.2 Å². The Bertz CT molecular complexity index is 782. The zero-order chi connectivity index (χ0) is 18.4. The van der Waals surface area contributed by atoms with Crippen molar-refractivity contribution in [2.24, 2.45) is 5.73 Å². The number of primary amides is 1. The van der Waals surface area contributed by atoms with Crippen LogP contribution in [0, 0.1) is 0 Å². The van der Waals surface area contributed by atoms with Crippen molar-refractivity contribution in [2.75, 3.05) is 5.32 Å². The lowest BCUT2D eigenvalue weighted by Gasteiger charge is -2.14. The van der Waals surface area contributed by atoms with Gasteiger partial charge in [-0.15, -0.1) is 0 Å². The summed E-state index contributed by atoms with van der Waals surface area (Å²) in [5.41, 5.74) is 7.15. The van der Waals surface area contributed by atoms with Gasteiger partial charge in [0.2, 0.25) is 5.91 Å². The van der Waals surface area contributed by atoms with Gasteiger partial charge in [-0.3, -0.25) is 9.59 Å². The molecule has 0 aliphatic heterocycles. The number of hydrogen-bond acceptors (Lipinski definition) is 3. The van der Waals surface area contributed by atoms with Crippen LogP contribution in [-0.4, -0.2) is 17.9 Å². The molecule has 0 bridgehead atoms. The highest BCUT2D eigenvalue weighted by molar-refractivity contribution is 6.02. The average Bonchev–Trinajstić information content (AvgIpc) is 3.13. The second-order valence-corrected chi connectivity index (χ2v) is 6.63. The Morgan fingerprint density at radius 3 is 2.62 bits per heavy atom. The normalized spacial score (nSPS) is 14.2. The Morgan fingerprint density at radius 2 is 1.85 bits per heavy atom. The van der Waals surface area contributed by atoms with Crippen LogP contribution in [0.2, 0.25) is 0 Å². The van der Waals surface area contributed by atoms with Gasteiger partial charge in [0.1, 0.15) is 5.75 Å². The van der Waals surface area contributed by atoms with Gasteiger partial charge >= 0.3 is 0 Å². The molecule has 1 saturated carbocycles. The third kappa shape index (κ3) is 4.85. The molecule has 1 aliphatic rings. The summed E-state index contributed by atoms with van der Waals surface area (Å²) < 4.78 is 6.01. The maximum Gasteiger partial charge on any atom is 0.250 e. The number of amides is 2. The zero-order valence-electron chi connectivity index (χ0n) is 14.7. The molecule has 0 heterocycles. The van der Waals surface area contributed by atoms with Crippen LogP contribution < -0.4 is 15.8 Å². The lowest BCUT2D eigenvalue weighted by atomic mass is 10.1. The molecule has 0 spiro atoms. The maximum atomic E-state index is 12.2. The molecule has 5 nitrogen and oxygen atoms in total. The summed E-state index contributed by atoms with van der Waals surface area (Å²) in [6.07, 6.45) is 5.94. The number of rotatable bonds is 7. The number of hydrogen-bond donors (Lipinski definition) is 2. The number of anilines is 1. The molecule has 1 fully saturated rings. The molecule has 0 saturated heterocycles. The fraction of sp³-hybridized carbons (Fsp3) is 0.333. The molecular formula is C21H24N2O3. The minimum absolute atomic E-state index is 0.152. The first kappa shape index (κ1) is 18.0. The van der Waals surface area contributed by atoms with Gasteiger partial charge < -0.3 is 15.8 Å². The molecule has 26 heavy (non-hydrogen) atoms. The van der Waals surface area contributed by atoms with E-state index in [0.29, 0.717) is 30.2 Å². The Morgan fingerprint density at radius 1 is 1.08 bits per heavy atom. The standard InChI is InChI=1S/C21H24N2O3/c22-21(25)18-10-3-4-11-19(18)23-20(24)13-12-15-6-5-9-17(14-15)26-16-7-1-2-8-16/h3-6,9-11,14,16H,1-2,7-8,12-13H2,(H2,22,25)(H,23,24). The first-order valence-electron chi connectivity index (χ1n) is 9.06. The first-order valence-corrected chi connectivity index (χ1v) is 9.06. The molecule has 2 aromatic carbocycles. The fourth-order valence-electron chi connectivity index (χ4n) is 3.25. The van der Waals surface area contributed by atoms with Gasteiger partial charge in [0.15, 0.2) is 0 Å². The van der Waals surface area contributed by atoms with Crippen molar-refractivity contribution in [1.29, 1.82) is 0 Å². The molecule has 2 amide bonds. The predicted octanol–water partition coefficient (Wildman–Crippen LogP) is 3.68. The van der Waals surface area contributed by atoms with Crippen molar-refractivity contribution < 1.29 is 14.3 Å². The quantitative estimate of drug-likeness (QED) is 0.797. The lowest BCUT2D eigenvalue weighted by molar-refractivity contribution is -0.116. The van der Waals surface area contributed by atoms with Gasteiger partial charge in [-0.05, 0) is 61.9 Å². The van der Waals surface area contributed by atoms with Gasteiger partial charge in [0, 0.05) is 6.42 Å². The topological polar surface area (TPSA) is 81.4 Å². The van der Waals surface area contributed by atoms with Crippen molar-refractivity contribution >= 4 is 17.5 Å². The van der Waals surface area contributed by atoms with Crippen LogP contribution in [0.25, 0.3) is 0 Å². The van der Waals surface area contributed by atoms with Crippen LogP contribution in [-0.2, 0) is 11.2 Å². The number of carbonyl (C=O) groups is 2. The molecule has 0 radical (unpaired) electrons. The van der Waals surface area contributed by atoms with E-state index >= 15 is 0 Å². The fourth-order valence-corrected chi connectivity index (χ4v) is 3.25. The van der Waals surface area contributed by atoms with Crippen molar-refractivity contribution in [3.8, 4) is 5.75 Å². The van der Waals surface area contributed by atoms with Crippen LogP contribution in [0.1, 0.15) is 48.0 Å². The second-order valence-electron chi connectivity index (χ2n) is 6.63. The molecule has 3 N–H and O–H groups in total. The molecule has 2 aromatic rings. The largest absolute Gasteiger partial charge is 0.490 e. The zero-order valence-corrected chi connectivity index (χ0v) is 14.7. The number of nitrogens with two attached hydrogens (primary N) is 1. The van der Waals surface area contributed by atoms with Crippen LogP contribution in [0.15, 0.2) is 48.5 Å². The van der Waals surface area contributed by atoms with E-state index in [2.05, 4.69) is 5.32 Å². The number of benzene rings is 2. The van der Waals surface area contributed by atoms with E-state index in [9.17, 15) is 9.59 Å². The van der Waals surface area contributed by atoms with Crippen LogP contribution >= 0.6 is 0 Å². The maximum absolute atomic E-state index is 12.2. The Labute approximate surface area is 153 Å². The summed E-state index contributed by atoms with van der Waals surface area (Å²) in [6, 6.07) is 14.7. The van der Waals surface area contributed by atoms with Crippen LogP contribution in [0.5, 0.6) is 5.75 Å². The summed E-state index contributed by atoms with van der Waals surface area (Å²) in [5.74, 6) is 0.160. The highest BCUT2D eigenvalue weighted by Crippen LogP contribution is 2.25. The Kier molecular flexibility index (Phi) is 5.89.